The molecular weight excluding hydrogens is 388 g/mol. The summed E-state index contributed by atoms with van der Waals surface area (Å²) in [5.41, 5.74) is 0.684. The van der Waals surface area contributed by atoms with Crippen LogP contribution in [0.3, 0.4) is 0 Å². The quantitative estimate of drug-likeness (QED) is 0.543. The molecule has 0 amide bonds. The maximum Gasteiger partial charge on any atom is 0.178 e. The van der Waals surface area contributed by atoms with Gasteiger partial charge in [0.15, 0.2) is 3.77 Å². The van der Waals surface area contributed by atoms with Gasteiger partial charge in [0, 0.05) is 28.7 Å². The van der Waals surface area contributed by atoms with E-state index < -0.39 is 0 Å². The van der Waals surface area contributed by atoms with Crippen LogP contribution in [-0.4, -0.2) is 6.21 Å². The Bertz CT molecular complexity index is 502. The van der Waals surface area contributed by atoms with E-state index in [1.54, 1.807) is 18.3 Å². The molecule has 82 valence electrons. The second-order valence-corrected chi connectivity index (χ2v) is 4.84. The van der Waals surface area contributed by atoms with E-state index in [1.165, 1.54) is 12.1 Å². The van der Waals surface area contributed by atoms with E-state index in [1.807, 2.05) is 6.07 Å². The average Bonchev–Trinajstić information content (AvgIpc) is 2.58. The van der Waals surface area contributed by atoms with E-state index in [0.717, 1.165) is 8.24 Å². The van der Waals surface area contributed by atoms with Crippen molar-refractivity contribution in [2.24, 2.45) is 4.99 Å². The van der Waals surface area contributed by atoms with E-state index in [-0.39, 0.29) is 5.82 Å². The predicted octanol–water partition coefficient (Wildman–Crippen LogP) is 4.54. The van der Waals surface area contributed by atoms with Gasteiger partial charge in [0.1, 0.15) is 11.6 Å². The van der Waals surface area contributed by atoms with E-state index in [0.29, 0.717) is 11.4 Å². The van der Waals surface area contributed by atoms with Gasteiger partial charge in [0.2, 0.25) is 0 Å². The van der Waals surface area contributed by atoms with Crippen LogP contribution in [0.1, 0.15) is 5.76 Å². The van der Waals surface area contributed by atoms with E-state index in [9.17, 15) is 4.39 Å². The Balaban J connectivity index is 2.17. The molecule has 2 aromatic rings. The number of furan rings is 1. The fraction of sp³-hybridized carbons (Fsp3) is 0. The summed E-state index contributed by atoms with van der Waals surface area (Å²) in [5.74, 6) is 0.384. The first-order valence-corrected chi connectivity index (χ1v) is 6.27. The molecule has 0 radical (unpaired) electrons. The van der Waals surface area contributed by atoms with Crippen molar-refractivity contribution < 1.29 is 8.81 Å². The van der Waals surface area contributed by atoms with Gasteiger partial charge >= 0.3 is 0 Å². The Morgan fingerprint density at radius 2 is 2.00 bits per heavy atom. The molecule has 0 spiro atoms. The van der Waals surface area contributed by atoms with Gasteiger partial charge in [-0.05, 0) is 40.2 Å². The highest BCUT2D eigenvalue weighted by molar-refractivity contribution is 14.1. The van der Waals surface area contributed by atoms with Crippen LogP contribution in [0.4, 0.5) is 10.1 Å². The lowest BCUT2D eigenvalue weighted by Gasteiger charge is -1.91. The number of hydrogen-bond donors (Lipinski definition) is 0. The zero-order valence-corrected chi connectivity index (χ0v) is 11.7. The van der Waals surface area contributed by atoms with Crippen molar-refractivity contribution in [3.63, 3.8) is 0 Å². The smallest absolute Gasteiger partial charge is 0.178 e. The molecule has 0 bridgehead atoms. The molecule has 1 aromatic carbocycles. The first kappa shape index (κ1) is 11.8. The van der Waals surface area contributed by atoms with Gasteiger partial charge in [-0.1, -0.05) is 0 Å². The molecule has 5 heteroatoms. The summed E-state index contributed by atoms with van der Waals surface area (Å²) in [6.07, 6.45) is 1.60. The van der Waals surface area contributed by atoms with Crippen LogP contribution in [0, 0.1) is 9.58 Å². The van der Waals surface area contributed by atoms with Crippen molar-refractivity contribution in [1.29, 1.82) is 0 Å². The molecular formula is C11H6BrFINO. The number of benzene rings is 1. The number of nitrogens with zero attached hydrogens (tertiary/aromatic N) is 1. The summed E-state index contributed by atoms with van der Waals surface area (Å²) in [7, 11) is 0. The lowest BCUT2D eigenvalue weighted by Crippen LogP contribution is -1.75. The van der Waals surface area contributed by atoms with Crippen LogP contribution in [0.25, 0.3) is 0 Å². The number of rotatable bonds is 2. The maximum absolute atomic E-state index is 12.6. The summed E-state index contributed by atoms with van der Waals surface area (Å²) < 4.78 is 19.7. The lowest BCUT2D eigenvalue weighted by molar-refractivity contribution is 0.530. The monoisotopic (exact) mass is 393 g/mol. The minimum atomic E-state index is -0.269. The van der Waals surface area contributed by atoms with Gasteiger partial charge in [-0.3, -0.25) is 4.99 Å². The van der Waals surface area contributed by atoms with Gasteiger partial charge in [-0.2, -0.15) is 0 Å². The molecule has 0 saturated carbocycles. The molecule has 16 heavy (non-hydrogen) atoms. The van der Waals surface area contributed by atoms with Crippen molar-refractivity contribution in [3.8, 4) is 0 Å². The third kappa shape index (κ3) is 2.91. The van der Waals surface area contributed by atoms with Crippen molar-refractivity contribution >= 4 is 50.4 Å². The minimum Gasteiger partial charge on any atom is -0.448 e. The van der Waals surface area contributed by atoms with E-state index >= 15 is 0 Å². The van der Waals surface area contributed by atoms with Crippen molar-refractivity contribution in [1.82, 2.24) is 0 Å². The third-order valence-corrected chi connectivity index (χ3v) is 3.96. The first-order valence-electron chi connectivity index (χ1n) is 4.39. The minimum absolute atomic E-state index is 0.269. The van der Waals surface area contributed by atoms with Crippen LogP contribution < -0.4 is 0 Å². The van der Waals surface area contributed by atoms with Crippen molar-refractivity contribution in [2.75, 3.05) is 0 Å². The second kappa shape index (κ2) is 5.09. The Hall–Kier alpha value is -0.690. The van der Waals surface area contributed by atoms with Gasteiger partial charge < -0.3 is 4.42 Å². The maximum atomic E-state index is 12.6. The van der Waals surface area contributed by atoms with Gasteiger partial charge in [-0.25, -0.2) is 4.39 Å². The molecule has 0 fully saturated rings. The fourth-order valence-corrected chi connectivity index (χ4v) is 1.81. The number of halogens is 3. The SMILES string of the molecule is Fc1ccc(N=Cc2cc(Br)c(I)o2)cc1. The molecule has 2 nitrogen and oxygen atoms in total. The molecule has 1 heterocycles. The average molecular weight is 394 g/mol. The van der Waals surface area contributed by atoms with Crippen LogP contribution >= 0.6 is 38.5 Å². The van der Waals surface area contributed by atoms with Gasteiger partial charge in [0.05, 0.1) is 16.4 Å². The molecule has 0 N–H and O–H groups in total. The highest BCUT2D eigenvalue weighted by Gasteiger charge is 2.03. The molecule has 2 rings (SSSR count). The number of hydrogen-bond acceptors (Lipinski definition) is 2. The summed E-state index contributed by atoms with van der Waals surface area (Å²) in [4.78, 5) is 4.16. The van der Waals surface area contributed by atoms with Crippen LogP contribution in [0.15, 0.2) is 44.2 Å². The van der Waals surface area contributed by atoms with Crippen LogP contribution in [0.2, 0.25) is 0 Å². The summed E-state index contributed by atoms with van der Waals surface area (Å²) in [6.45, 7) is 0. The van der Waals surface area contributed by atoms with E-state index in [4.69, 9.17) is 4.42 Å². The third-order valence-electron chi connectivity index (χ3n) is 1.83. The molecule has 0 atom stereocenters. The molecule has 0 aliphatic heterocycles. The van der Waals surface area contributed by atoms with Crippen molar-refractivity contribution in [3.05, 3.63) is 50.1 Å². The molecule has 0 saturated heterocycles. The lowest BCUT2D eigenvalue weighted by atomic mass is 10.3. The highest BCUT2D eigenvalue weighted by atomic mass is 127. The topological polar surface area (TPSA) is 25.5 Å². The Morgan fingerprint density at radius 3 is 2.56 bits per heavy atom. The fourth-order valence-electron chi connectivity index (χ4n) is 1.09. The summed E-state index contributed by atoms with van der Waals surface area (Å²) >= 11 is 5.42. The molecule has 0 unspecified atom stereocenters. The highest BCUT2D eigenvalue weighted by Crippen LogP contribution is 2.22. The van der Waals surface area contributed by atoms with Crippen LogP contribution in [-0.2, 0) is 0 Å². The second-order valence-electron chi connectivity index (χ2n) is 3.01. The Morgan fingerprint density at radius 1 is 1.31 bits per heavy atom. The zero-order chi connectivity index (χ0) is 11.5. The van der Waals surface area contributed by atoms with Crippen molar-refractivity contribution in [2.45, 2.75) is 0 Å². The van der Waals surface area contributed by atoms with Gasteiger partial charge in [-0.15, -0.1) is 0 Å². The number of aliphatic imine (C=N–C) groups is 1. The van der Waals surface area contributed by atoms with Crippen LogP contribution in [0.5, 0.6) is 0 Å². The normalized spacial score (nSPS) is 11.2. The molecule has 0 aliphatic rings. The first-order chi connectivity index (χ1) is 7.65. The zero-order valence-electron chi connectivity index (χ0n) is 7.95. The Labute approximate surface area is 114 Å². The molecule has 1 aromatic heterocycles. The molecule has 0 aliphatic carbocycles. The van der Waals surface area contributed by atoms with Gasteiger partial charge in [0.25, 0.3) is 0 Å². The standard InChI is InChI=1S/C11H6BrFINO/c12-10-5-9(16-11(10)14)6-15-8-3-1-7(13)2-4-8/h1-6H. The van der Waals surface area contributed by atoms with E-state index in [2.05, 4.69) is 43.5 Å². The summed E-state index contributed by atoms with van der Waals surface area (Å²) in [5, 5.41) is 0. The summed E-state index contributed by atoms with van der Waals surface area (Å²) in [6, 6.07) is 7.78. The Kier molecular flexibility index (Phi) is 3.75. The predicted molar refractivity (Wildman–Crippen MR) is 72.8 cm³/mol. The largest absolute Gasteiger partial charge is 0.448 e.